The summed E-state index contributed by atoms with van der Waals surface area (Å²) in [6.07, 6.45) is 6.49. The number of hydrogen-bond acceptors (Lipinski definition) is 4. The van der Waals surface area contributed by atoms with Crippen molar-refractivity contribution in [2.24, 2.45) is 0 Å². The molecule has 0 fully saturated rings. The van der Waals surface area contributed by atoms with Crippen LogP contribution in [-0.2, 0) is 14.8 Å². The monoisotopic (exact) mass is 456 g/mol. The minimum atomic E-state index is -3.77. The van der Waals surface area contributed by atoms with Crippen LogP contribution >= 0.6 is 11.6 Å². The van der Waals surface area contributed by atoms with Gasteiger partial charge in [-0.1, -0.05) is 35.9 Å². The zero-order valence-electron chi connectivity index (χ0n) is 16.5. The van der Waals surface area contributed by atoms with Gasteiger partial charge in [-0.15, -0.1) is 0 Å². The molecular formula is C23H21ClN2O4S. The number of allylic oxidation sites excluding steroid dienone is 1. The fourth-order valence-electron chi connectivity index (χ4n) is 3.00. The van der Waals surface area contributed by atoms with E-state index in [1.54, 1.807) is 30.6 Å². The van der Waals surface area contributed by atoms with E-state index in [-0.39, 0.29) is 11.3 Å². The summed E-state index contributed by atoms with van der Waals surface area (Å²) in [5.74, 6) is -0.838. The quantitative estimate of drug-likeness (QED) is 0.430. The predicted molar refractivity (Wildman–Crippen MR) is 122 cm³/mol. The van der Waals surface area contributed by atoms with Gasteiger partial charge in [0.1, 0.15) is 0 Å². The lowest BCUT2D eigenvalue weighted by Gasteiger charge is -2.12. The molecule has 0 saturated carbocycles. The molecule has 6 nitrogen and oxygen atoms in total. The third-order valence-corrected chi connectivity index (χ3v) is 6.11. The highest BCUT2D eigenvalue weighted by molar-refractivity contribution is 7.92. The van der Waals surface area contributed by atoms with Crippen molar-refractivity contribution in [2.75, 3.05) is 4.72 Å². The van der Waals surface area contributed by atoms with Crippen molar-refractivity contribution >= 4 is 38.9 Å². The second-order valence-corrected chi connectivity index (χ2v) is 8.90. The summed E-state index contributed by atoms with van der Waals surface area (Å²) in [5, 5.41) is 9.32. The second-order valence-electron chi connectivity index (χ2n) is 6.79. The van der Waals surface area contributed by atoms with Crippen LogP contribution in [0.3, 0.4) is 0 Å². The standard InChI is InChI=1S/C23H21ClN2O4S/c24-19-10-12-21(13-11-19)31(29,30)26-20-7-3-5-17(15-20)22(8-1-2-9-23(27)28)18-6-4-14-25-16-18/h3-8,10-16,26H,1-2,9H2,(H,27,28). The van der Waals surface area contributed by atoms with Gasteiger partial charge in [-0.05, 0) is 66.4 Å². The molecule has 3 aromatic rings. The number of unbranched alkanes of at least 4 members (excludes halogenated alkanes) is 1. The van der Waals surface area contributed by atoms with Crippen LogP contribution in [0.2, 0.25) is 5.02 Å². The zero-order valence-corrected chi connectivity index (χ0v) is 18.1. The summed E-state index contributed by atoms with van der Waals surface area (Å²) in [6.45, 7) is 0. The number of hydrogen-bond donors (Lipinski definition) is 2. The van der Waals surface area contributed by atoms with Crippen LogP contribution in [-0.4, -0.2) is 24.5 Å². The normalized spacial score (nSPS) is 11.8. The molecule has 2 N–H and O–H groups in total. The summed E-state index contributed by atoms with van der Waals surface area (Å²) >= 11 is 5.85. The van der Waals surface area contributed by atoms with Gasteiger partial charge in [0.2, 0.25) is 0 Å². The SMILES string of the molecule is O=C(O)CCCC=C(c1cccnc1)c1cccc(NS(=O)(=O)c2ccc(Cl)cc2)c1. The Labute approximate surface area is 186 Å². The van der Waals surface area contributed by atoms with E-state index in [9.17, 15) is 13.2 Å². The summed E-state index contributed by atoms with van der Waals surface area (Å²) in [7, 11) is -3.77. The van der Waals surface area contributed by atoms with Gasteiger partial charge in [-0.2, -0.15) is 0 Å². The minimum Gasteiger partial charge on any atom is -0.481 e. The lowest BCUT2D eigenvalue weighted by Crippen LogP contribution is -2.12. The molecule has 1 aromatic heterocycles. The van der Waals surface area contributed by atoms with E-state index in [0.29, 0.717) is 23.6 Å². The number of halogens is 1. The number of benzene rings is 2. The van der Waals surface area contributed by atoms with Gasteiger partial charge < -0.3 is 5.11 Å². The van der Waals surface area contributed by atoms with E-state index >= 15 is 0 Å². The number of carboxylic acid groups (broad SMARTS) is 1. The molecule has 0 aliphatic carbocycles. The molecule has 160 valence electrons. The molecule has 1 heterocycles. The molecule has 0 aliphatic rings. The average Bonchev–Trinajstić information content (AvgIpc) is 2.74. The maximum absolute atomic E-state index is 12.7. The number of aliphatic carboxylic acids is 1. The second kappa shape index (κ2) is 10.2. The number of aromatic nitrogens is 1. The van der Waals surface area contributed by atoms with E-state index in [4.69, 9.17) is 16.7 Å². The summed E-state index contributed by atoms with van der Waals surface area (Å²) in [5.41, 5.74) is 2.91. The van der Waals surface area contributed by atoms with Crippen molar-refractivity contribution in [3.05, 3.63) is 95.3 Å². The van der Waals surface area contributed by atoms with Crippen LogP contribution in [0.1, 0.15) is 30.4 Å². The molecule has 0 unspecified atom stereocenters. The Hall–Kier alpha value is -3.16. The number of nitrogens with one attached hydrogen (secondary N) is 1. The van der Waals surface area contributed by atoms with Crippen LogP contribution in [0.15, 0.2) is 84.0 Å². The first-order valence-corrected chi connectivity index (χ1v) is 11.4. The summed E-state index contributed by atoms with van der Waals surface area (Å²) < 4.78 is 28.0. The van der Waals surface area contributed by atoms with E-state index in [1.165, 1.54) is 24.3 Å². The topological polar surface area (TPSA) is 96.4 Å². The van der Waals surface area contributed by atoms with Crippen molar-refractivity contribution in [3.8, 4) is 0 Å². The van der Waals surface area contributed by atoms with E-state index in [2.05, 4.69) is 9.71 Å². The van der Waals surface area contributed by atoms with E-state index < -0.39 is 16.0 Å². The lowest BCUT2D eigenvalue weighted by molar-refractivity contribution is -0.137. The number of carbonyl (C=O) groups is 1. The molecule has 2 aromatic carbocycles. The largest absolute Gasteiger partial charge is 0.481 e. The van der Waals surface area contributed by atoms with Crippen LogP contribution < -0.4 is 4.72 Å². The zero-order chi connectivity index (χ0) is 22.3. The highest BCUT2D eigenvalue weighted by Crippen LogP contribution is 2.27. The molecule has 8 heteroatoms. The third kappa shape index (κ3) is 6.41. The molecule has 0 amide bonds. The van der Waals surface area contributed by atoms with Gasteiger partial charge in [0, 0.05) is 35.1 Å². The molecule has 0 radical (unpaired) electrons. The molecule has 0 atom stereocenters. The van der Waals surface area contributed by atoms with Crippen molar-refractivity contribution in [1.29, 1.82) is 0 Å². The number of anilines is 1. The van der Waals surface area contributed by atoms with Crippen LogP contribution in [0, 0.1) is 0 Å². The molecule has 0 spiro atoms. The van der Waals surface area contributed by atoms with Crippen LogP contribution in [0.4, 0.5) is 5.69 Å². The average molecular weight is 457 g/mol. The lowest BCUT2D eigenvalue weighted by atomic mass is 9.97. The predicted octanol–water partition coefficient (Wildman–Crippen LogP) is 5.22. The number of nitrogens with zero attached hydrogens (tertiary/aromatic N) is 1. The molecular weight excluding hydrogens is 436 g/mol. The third-order valence-electron chi connectivity index (χ3n) is 4.47. The van der Waals surface area contributed by atoms with Crippen molar-refractivity contribution < 1.29 is 18.3 Å². The Morgan fingerprint density at radius 3 is 2.48 bits per heavy atom. The molecule has 0 saturated heterocycles. The maximum Gasteiger partial charge on any atom is 0.303 e. The Kier molecular flexibility index (Phi) is 7.44. The first-order valence-electron chi connectivity index (χ1n) is 9.56. The Bertz CT molecular complexity index is 1180. The molecule has 0 bridgehead atoms. The number of pyridine rings is 1. The van der Waals surface area contributed by atoms with Crippen LogP contribution in [0.5, 0.6) is 0 Å². The van der Waals surface area contributed by atoms with E-state index in [1.807, 2.05) is 24.3 Å². The molecule has 0 aliphatic heterocycles. The Morgan fingerprint density at radius 1 is 1.06 bits per heavy atom. The fourth-order valence-corrected chi connectivity index (χ4v) is 4.18. The van der Waals surface area contributed by atoms with Gasteiger partial charge in [0.05, 0.1) is 4.90 Å². The Balaban J connectivity index is 1.89. The molecule has 3 rings (SSSR count). The first kappa shape index (κ1) is 22.5. The van der Waals surface area contributed by atoms with Crippen molar-refractivity contribution in [1.82, 2.24) is 4.98 Å². The van der Waals surface area contributed by atoms with Gasteiger partial charge >= 0.3 is 5.97 Å². The molecule has 31 heavy (non-hydrogen) atoms. The Morgan fingerprint density at radius 2 is 1.81 bits per heavy atom. The minimum absolute atomic E-state index is 0.0811. The van der Waals surface area contributed by atoms with Crippen LogP contribution in [0.25, 0.3) is 5.57 Å². The smallest absolute Gasteiger partial charge is 0.303 e. The van der Waals surface area contributed by atoms with Crippen molar-refractivity contribution in [2.45, 2.75) is 24.2 Å². The highest BCUT2D eigenvalue weighted by Gasteiger charge is 2.15. The van der Waals surface area contributed by atoms with Gasteiger partial charge in [-0.25, -0.2) is 8.42 Å². The summed E-state index contributed by atoms with van der Waals surface area (Å²) in [6, 6.07) is 16.7. The number of carboxylic acids is 1. The van der Waals surface area contributed by atoms with E-state index in [0.717, 1.165) is 16.7 Å². The first-order chi connectivity index (χ1) is 14.8. The van der Waals surface area contributed by atoms with Gasteiger partial charge in [0.25, 0.3) is 10.0 Å². The van der Waals surface area contributed by atoms with Gasteiger partial charge in [-0.3, -0.25) is 14.5 Å². The highest BCUT2D eigenvalue weighted by atomic mass is 35.5. The number of rotatable bonds is 9. The van der Waals surface area contributed by atoms with Crippen molar-refractivity contribution in [3.63, 3.8) is 0 Å². The summed E-state index contributed by atoms with van der Waals surface area (Å²) in [4.78, 5) is 15.1. The fraction of sp³-hybridized carbons (Fsp3) is 0.130. The maximum atomic E-state index is 12.7. The van der Waals surface area contributed by atoms with Gasteiger partial charge in [0.15, 0.2) is 0 Å². The number of sulfonamides is 1.